The van der Waals surface area contributed by atoms with Crippen molar-refractivity contribution in [3.63, 3.8) is 0 Å². The number of urea groups is 1. The lowest BCUT2D eigenvalue weighted by Crippen LogP contribution is -2.45. The van der Waals surface area contributed by atoms with Crippen molar-refractivity contribution in [2.24, 2.45) is 5.10 Å². The normalized spacial score (nSPS) is 11.2. The van der Waals surface area contributed by atoms with Gasteiger partial charge in [-0.2, -0.15) is 5.10 Å². The summed E-state index contributed by atoms with van der Waals surface area (Å²) in [5.41, 5.74) is 6.75. The van der Waals surface area contributed by atoms with Crippen molar-refractivity contribution in [2.45, 2.75) is 32.9 Å². The van der Waals surface area contributed by atoms with Crippen molar-refractivity contribution in [3.8, 4) is 11.5 Å². The number of nitrogens with one attached hydrogen (secondary N) is 2. The van der Waals surface area contributed by atoms with Crippen LogP contribution in [-0.4, -0.2) is 19.4 Å². The maximum atomic E-state index is 12.4. The zero-order valence-corrected chi connectivity index (χ0v) is 20.1. The molecule has 176 valence electrons. The van der Waals surface area contributed by atoms with Gasteiger partial charge in [-0.25, -0.2) is 10.2 Å². The van der Waals surface area contributed by atoms with Gasteiger partial charge in [-0.1, -0.05) is 60.7 Å². The first-order valence-electron chi connectivity index (χ1n) is 11.0. The minimum absolute atomic E-state index is 0.406. The van der Waals surface area contributed by atoms with Crippen molar-refractivity contribution in [1.82, 2.24) is 10.7 Å². The minimum Gasteiger partial charge on any atom is -0.493 e. The topological polar surface area (TPSA) is 72.0 Å². The number of hydrazone groups is 1. The molecular formula is C28H31N3O3. The summed E-state index contributed by atoms with van der Waals surface area (Å²) in [7, 11) is 1.59. The van der Waals surface area contributed by atoms with E-state index < -0.39 is 11.6 Å². The molecule has 3 aromatic carbocycles. The molecule has 2 N–H and O–H groups in total. The van der Waals surface area contributed by atoms with Crippen molar-refractivity contribution in [1.29, 1.82) is 0 Å². The third kappa shape index (κ3) is 6.72. The van der Waals surface area contributed by atoms with Gasteiger partial charge in [-0.3, -0.25) is 0 Å². The van der Waals surface area contributed by atoms with Gasteiger partial charge in [0.25, 0.3) is 0 Å². The number of allylic oxidation sites excluding steroid dienone is 1. The van der Waals surface area contributed by atoms with Gasteiger partial charge in [0, 0.05) is 0 Å². The van der Waals surface area contributed by atoms with Crippen LogP contribution in [0.15, 0.2) is 84.5 Å². The Kier molecular flexibility index (Phi) is 8.09. The van der Waals surface area contributed by atoms with Crippen LogP contribution in [0.2, 0.25) is 0 Å². The molecule has 6 nitrogen and oxygen atoms in total. The van der Waals surface area contributed by atoms with Crippen LogP contribution in [0, 0.1) is 0 Å². The largest absolute Gasteiger partial charge is 0.493 e. The monoisotopic (exact) mass is 457 g/mol. The molecule has 0 saturated heterocycles. The number of hydrogen-bond donors (Lipinski definition) is 2. The van der Waals surface area contributed by atoms with Crippen molar-refractivity contribution in [3.05, 3.63) is 102 Å². The van der Waals surface area contributed by atoms with Gasteiger partial charge in [0.15, 0.2) is 11.5 Å². The molecule has 3 rings (SSSR count). The number of carbonyl (C=O) groups is 1. The van der Waals surface area contributed by atoms with Crippen LogP contribution >= 0.6 is 0 Å². The predicted molar refractivity (Wildman–Crippen MR) is 137 cm³/mol. The highest BCUT2D eigenvalue weighted by Gasteiger charge is 2.23. The molecule has 0 aliphatic carbocycles. The Bertz CT molecular complexity index is 1170. The minimum atomic E-state index is -0.591. The second kappa shape index (κ2) is 11.2. The van der Waals surface area contributed by atoms with Crippen LogP contribution in [0.4, 0.5) is 4.79 Å². The first-order chi connectivity index (χ1) is 16.3. The van der Waals surface area contributed by atoms with Gasteiger partial charge in [0.05, 0.1) is 18.9 Å². The smallest absolute Gasteiger partial charge is 0.335 e. The number of methoxy groups -OCH3 is 1. The average Bonchev–Trinajstić information content (AvgIpc) is 2.83. The fourth-order valence-corrected chi connectivity index (χ4v) is 3.34. The van der Waals surface area contributed by atoms with Crippen LogP contribution in [-0.2, 0) is 12.1 Å². The zero-order valence-electron chi connectivity index (χ0n) is 20.1. The standard InChI is InChI=1S/C28H31N3O3/c1-20(2)23-12-9-13-24(17-23)28(3,4)30-27(32)31-29-18-22-14-15-25(26(16-22)33-5)34-19-21-10-7-6-8-11-21/h6-18H,1,19H2,2-5H3,(H2,30,31,32). The highest BCUT2D eigenvalue weighted by Crippen LogP contribution is 2.28. The molecule has 0 aliphatic heterocycles. The van der Waals surface area contributed by atoms with E-state index in [1.807, 2.05) is 87.5 Å². The molecule has 0 saturated carbocycles. The Morgan fingerprint density at radius 1 is 1.03 bits per heavy atom. The van der Waals surface area contributed by atoms with Gasteiger partial charge in [-0.05, 0) is 67.3 Å². The van der Waals surface area contributed by atoms with Gasteiger partial charge in [-0.15, -0.1) is 0 Å². The Labute approximate surface area is 201 Å². The van der Waals surface area contributed by atoms with Crippen molar-refractivity contribution < 1.29 is 14.3 Å². The van der Waals surface area contributed by atoms with E-state index in [0.717, 1.165) is 27.8 Å². The number of hydrogen-bond acceptors (Lipinski definition) is 4. The third-order valence-electron chi connectivity index (χ3n) is 5.31. The molecule has 0 aliphatic rings. The molecular weight excluding hydrogens is 426 g/mol. The number of nitrogens with zero attached hydrogens (tertiary/aromatic N) is 1. The summed E-state index contributed by atoms with van der Waals surface area (Å²) in [6, 6.07) is 22.9. The predicted octanol–water partition coefficient (Wildman–Crippen LogP) is 5.88. The lowest BCUT2D eigenvalue weighted by atomic mass is 9.92. The lowest BCUT2D eigenvalue weighted by molar-refractivity contribution is 0.230. The molecule has 3 aromatic rings. The second-order valence-corrected chi connectivity index (χ2v) is 8.49. The molecule has 0 heterocycles. The molecule has 2 amide bonds. The molecule has 0 unspecified atom stereocenters. The summed E-state index contributed by atoms with van der Waals surface area (Å²) in [5.74, 6) is 1.22. The zero-order chi connectivity index (χ0) is 24.6. The maximum absolute atomic E-state index is 12.4. The van der Waals surface area contributed by atoms with E-state index in [1.54, 1.807) is 19.4 Å². The summed E-state index contributed by atoms with van der Waals surface area (Å²) < 4.78 is 11.3. The molecule has 0 radical (unpaired) electrons. The SMILES string of the molecule is C=C(C)c1cccc(C(C)(C)NC(=O)NN=Cc2ccc(OCc3ccccc3)c(OC)c2)c1. The van der Waals surface area contributed by atoms with Crippen LogP contribution in [0.1, 0.15) is 43.0 Å². The number of benzene rings is 3. The van der Waals surface area contributed by atoms with Gasteiger partial charge in [0.2, 0.25) is 0 Å². The number of amides is 2. The van der Waals surface area contributed by atoms with E-state index in [1.165, 1.54) is 0 Å². The molecule has 0 spiro atoms. The average molecular weight is 458 g/mol. The first kappa shape index (κ1) is 24.6. The van der Waals surface area contributed by atoms with Crippen LogP contribution in [0.25, 0.3) is 5.57 Å². The second-order valence-electron chi connectivity index (χ2n) is 8.49. The van der Waals surface area contributed by atoms with E-state index >= 15 is 0 Å². The van der Waals surface area contributed by atoms with Gasteiger partial charge in [0.1, 0.15) is 6.61 Å². The quantitative estimate of drug-likeness (QED) is 0.312. The number of carbonyl (C=O) groups excluding carboxylic acids is 1. The summed E-state index contributed by atoms with van der Waals surface area (Å²) in [6.45, 7) is 10.3. The Morgan fingerprint density at radius 2 is 1.79 bits per heavy atom. The van der Waals surface area contributed by atoms with Crippen LogP contribution in [0.3, 0.4) is 0 Å². The van der Waals surface area contributed by atoms with E-state index in [4.69, 9.17) is 9.47 Å². The summed E-state index contributed by atoms with van der Waals surface area (Å²) in [4.78, 5) is 12.4. The van der Waals surface area contributed by atoms with E-state index in [9.17, 15) is 4.79 Å². The van der Waals surface area contributed by atoms with Crippen molar-refractivity contribution >= 4 is 17.8 Å². The summed E-state index contributed by atoms with van der Waals surface area (Å²) >= 11 is 0. The number of rotatable bonds is 9. The third-order valence-corrected chi connectivity index (χ3v) is 5.31. The van der Waals surface area contributed by atoms with Gasteiger partial charge < -0.3 is 14.8 Å². The van der Waals surface area contributed by atoms with Crippen LogP contribution in [0.5, 0.6) is 11.5 Å². The van der Waals surface area contributed by atoms with E-state index in [0.29, 0.717) is 18.1 Å². The maximum Gasteiger partial charge on any atom is 0.335 e. The summed E-state index contributed by atoms with van der Waals surface area (Å²) in [6.07, 6.45) is 1.55. The van der Waals surface area contributed by atoms with E-state index in [2.05, 4.69) is 22.4 Å². The fourth-order valence-electron chi connectivity index (χ4n) is 3.34. The molecule has 0 fully saturated rings. The van der Waals surface area contributed by atoms with Gasteiger partial charge >= 0.3 is 6.03 Å². The fraction of sp³-hybridized carbons (Fsp3) is 0.214. The Hall–Kier alpha value is -4.06. The molecule has 0 bridgehead atoms. The van der Waals surface area contributed by atoms with Crippen molar-refractivity contribution in [2.75, 3.05) is 7.11 Å². The molecule has 6 heteroatoms. The van der Waals surface area contributed by atoms with Crippen LogP contribution < -0.4 is 20.2 Å². The lowest BCUT2D eigenvalue weighted by Gasteiger charge is -2.27. The summed E-state index contributed by atoms with van der Waals surface area (Å²) in [5, 5.41) is 7.02. The highest BCUT2D eigenvalue weighted by molar-refractivity contribution is 5.83. The molecule has 34 heavy (non-hydrogen) atoms. The number of ether oxygens (including phenoxy) is 2. The molecule has 0 aromatic heterocycles. The highest BCUT2D eigenvalue weighted by atomic mass is 16.5. The first-order valence-corrected chi connectivity index (χ1v) is 11.0. The Balaban J connectivity index is 1.59. The Morgan fingerprint density at radius 3 is 2.50 bits per heavy atom. The van der Waals surface area contributed by atoms with E-state index in [-0.39, 0.29) is 0 Å². The molecule has 0 atom stereocenters.